The molecule has 0 N–H and O–H groups in total. The first-order chi connectivity index (χ1) is 10.9. The van der Waals surface area contributed by atoms with Gasteiger partial charge in [-0.25, -0.2) is 13.4 Å². The predicted molar refractivity (Wildman–Crippen MR) is 82.9 cm³/mol. The molecule has 23 heavy (non-hydrogen) atoms. The Labute approximate surface area is 135 Å². The highest BCUT2D eigenvalue weighted by Crippen LogP contribution is 2.43. The zero-order valence-electron chi connectivity index (χ0n) is 13.2. The van der Waals surface area contributed by atoms with E-state index in [1.54, 1.807) is 19.4 Å². The summed E-state index contributed by atoms with van der Waals surface area (Å²) < 4.78 is 33.8. The molecule has 2 aromatic rings. The quantitative estimate of drug-likeness (QED) is 0.822. The first-order valence-electron chi connectivity index (χ1n) is 7.46. The molecular weight excluding hydrogens is 318 g/mol. The van der Waals surface area contributed by atoms with E-state index in [-0.39, 0.29) is 5.82 Å². The lowest BCUT2D eigenvalue weighted by Crippen LogP contribution is -2.33. The first-order valence-corrected chi connectivity index (χ1v) is 9.35. The maximum absolute atomic E-state index is 12.2. The summed E-state index contributed by atoms with van der Waals surface area (Å²) in [6, 6.07) is 3.61. The summed E-state index contributed by atoms with van der Waals surface area (Å²) in [7, 11) is -1.75. The molecule has 8 heteroatoms. The van der Waals surface area contributed by atoms with E-state index in [0.29, 0.717) is 31.0 Å². The van der Waals surface area contributed by atoms with Crippen molar-refractivity contribution in [3.05, 3.63) is 35.6 Å². The molecule has 2 heterocycles. The van der Waals surface area contributed by atoms with E-state index in [4.69, 9.17) is 9.26 Å². The smallest absolute Gasteiger partial charge is 0.231 e. The molecule has 0 radical (unpaired) electrons. The van der Waals surface area contributed by atoms with Crippen LogP contribution in [0, 0.1) is 0 Å². The van der Waals surface area contributed by atoms with Crippen LogP contribution < -0.4 is 4.74 Å². The van der Waals surface area contributed by atoms with Crippen molar-refractivity contribution in [1.29, 1.82) is 0 Å². The van der Waals surface area contributed by atoms with E-state index >= 15 is 0 Å². The van der Waals surface area contributed by atoms with Gasteiger partial charge in [0.1, 0.15) is 4.75 Å². The van der Waals surface area contributed by atoms with Gasteiger partial charge in [0.25, 0.3) is 0 Å². The van der Waals surface area contributed by atoms with Crippen molar-refractivity contribution < 1.29 is 17.7 Å². The van der Waals surface area contributed by atoms with Crippen LogP contribution in [0.5, 0.6) is 5.88 Å². The van der Waals surface area contributed by atoms with Gasteiger partial charge >= 0.3 is 0 Å². The molecular formula is C15H19N3O4S. The van der Waals surface area contributed by atoms with Crippen molar-refractivity contribution in [3.8, 4) is 5.88 Å². The molecule has 1 aliphatic carbocycles. The lowest BCUT2D eigenvalue weighted by Gasteiger charge is -2.22. The topological polar surface area (TPSA) is 95.2 Å². The van der Waals surface area contributed by atoms with Crippen molar-refractivity contribution in [3.63, 3.8) is 0 Å². The third-order valence-corrected chi connectivity index (χ3v) is 6.37. The third-order valence-electron chi connectivity index (χ3n) is 4.36. The third kappa shape index (κ3) is 2.95. The van der Waals surface area contributed by atoms with Gasteiger partial charge in [-0.3, -0.25) is 0 Å². The summed E-state index contributed by atoms with van der Waals surface area (Å²) in [5, 5.41) is 3.96. The molecule has 0 spiro atoms. The molecule has 0 saturated heterocycles. The summed E-state index contributed by atoms with van der Waals surface area (Å²) in [6.07, 6.45) is 6.15. The molecule has 0 unspecified atom stereocenters. The van der Waals surface area contributed by atoms with Crippen LogP contribution in [0.25, 0.3) is 0 Å². The van der Waals surface area contributed by atoms with Crippen molar-refractivity contribution in [1.82, 2.24) is 15.1 Å². The molecule has 1 fully saturated rings. The van der Waals surface area contributed by atoms with Crippen LogP contribution in [0.15, 0.2) is 22.9 Å². The summed E-state index contributed by atoms with van der Waals surface area (Å²) >= 11 is 0. The number of ether oxygens (including phenoxy) is 1. The fraction of sp³-hybridized carbons (Fsp3) is 0.533. The molecule has 1 saturated carbocycles. The molecule has 0 amide bonds. The zero-order valence-corrected chi connectivity index (χ0v) is 14.0. The number of methoxy groups -OCH3 is 1. The van der Waals surface area contributed by atoms with Gasteiger partial charge < -0.3 is 9.26 Å². The number of hydrogen-bond acceptors (Lipinski definition) is 7. The van der Waals surface area contributed by atoms with Crippen LogP contribution >= 0.6 is 0 Å². The monoisotopic (exact) mass is 337 g/mol. The molecule has 0 bridgehead atoms. The fourth-order valence-corrected chi connectivity index (χ4v) is 4.47. The van der Waals surface area contributed by atoms with Crippen LogP contribution in [-0.2, 0) is 21.0 Å². The van der Waals surface area contributed by atoms with Crippen molar-refractivity contribution in [2.45, 2.75) is 36.9 Å². The van der Waals surface area contributed by atoms with Gasteiger partial charge in [0.05, 0.1) is 13.5 Å². The highest BCUT2D eigenvalue weighted by atomic mass is 32.2. The van der Waals surface area contributed by atoms with E-state index in [2.05, 4.69) is 15.1 Å². The number of hydrogen-bond donors (Lipinski definition) is 0. The standard InChI is InChI=1S/C15H19N3O4S/c1-21-12-6-5-11(10-16-12)9-13-17-14(18-22-13)15(23(2,19)20)7-3-4-8-15/h5-6,10H,3-4,7-9H2,1-2H3. The number of pyridine rings is 1. The average Bonchev–Trinajstić information content (AvgIpc) is 3.16. The summed E-state index contributed by atoms with van der Waals surface area (Å²) in [5.74, 6) is 1.21. The van der Waals surface area contributed by atoms with Crippen LogP contribution in [0.2, 0.25) is 0 Å². The number of sulfone groups is 1. The molecule has 2 aromatic heterocycles. The Morgan fingerprint density at radius 3 is 2.61 bits per heavy atom. The minimum atomic E-state index is -3.30. The number of nitrogens with zero attached hydrogens (tertiary/aromatic N) is 3. The van der Waals surface area contributed by atoms with Gasteiger partial charge in [0.2, 0.25) is 11.8 Å². The first kappa shape index (κ1) is 15.9. The van der Waals surface area contributed by atoms with E-state index in [1.165, 1.54) is 6.26 Å². The fourth-order valence-electron chi connectivity index (χ4n) is 3.03. The predicted octanol–water partition coefficient (Wildman–Crippen LogP) is 1.88. The van der Waals surface area contributed by atoms with E-state index < -0.39 is 14.6 Å². The second-order valence-electron chi connectivity index (χ2n) is 5.87. The maximum Gasteiger partial charge on any atom is 0.231 e. The van der Waals surface area contributed by atoms with Gasteiger partial charge in [-0.1, -0.05) is 24.1 Å². The SMILES string of the molecule is COc1ccc(Cc2nc(C3(S(C)(=O)=O)CCCC3)no2)cn1. The van der Waals surface area contributed by atoms with Crippen LogP contribution in [0.1, 0.15) is 43.0 Å². The van der Waals surface area contributed by atoms with Gasteiger partial charge in [-0.2, -0.15) is 4.98 Å². The molecule has 0 aliphatic heterocycles. The average molecular weight is 337 g/mol. The van der Waals surface area contributed by atoms with E-state index in [1.807, 2.05) is 6.07 Å². The summed E-state index contributed by atoms with van der Waals surface area (Å²) in [5.41, 5.74) is 0.890. The van der Waals surface area contributed by atoms with Crippen LogP contribution in [0.4, 0.5) is 0 Å². The Kier molecular flexibility index (Phi) is 4.09. The number of rotatable bonds is 5. The van der Waals surface area contributed by atoms with E-state index in [9.17, 15) is 8.42 Å². The van der Waals surface area contributed by atoms with Gasteiger partial charge in [0.15, 0.2) is 15.7 Å². The second-order valence-corrected chi connectivity index (χ2v) is 8.20. The Morgan fingerprint density at radius 2 is 2.04 bits per heavy atom. The highest BCUT2D eigenvalue weighted by Gasteiger charge is 2.48. The summed E-state index contributed by atoms with van der Waals surface area (Å²) in [6.45, 7) is 0. The molecule has 7 nitrogen and oxygen atoms in total. The minimum Gasteiger partial charge on any atom is -0.481 e. The molecule has 3 rings (SSSR count). The van der Waals surface area contributed by atoms with E-state index in [0.717, 1.165) is 18.4 Å². The van der Waals surface area contributed by atoms with Crippen molar-refractivity contribution in [2.24, 2.45) is 0 Å². The Balaban J connectivity index is 1.84. The number of aromatic nitrogens is 3. The largest absolute Gasteiger partial charge is 0.481 e. The minimum absolute atomic E-state index is 0.286. The Bertz CT molecular complexity index is 777. The van der Waals surface area contributed by atoms with Crippen molar-refractivity contribution >= 4 is 9.84 Å². The Hall–Kier alpha value is -1.96. The second kappa shape index (κ2) is 5.92. The molecule has 124 valence electrons. The normalized spacial score (nSPS) is 17.3. The molecule has 0 atom stereocenters. The van der Waals surface area contributed by atoms with Crippen LogP contribution in [-0.4, -0.2) is 36.9 Å². The molecule has 1 aliphatic rings. The lowest BCUT2D eigenvalue weighted by molar-refractivity contribution is 0.370. The van der Waals surface area contributed by atoms with Gasteiger partial charge in [-0.15, -0.1) is 0 Å². The summed E-state index contributed by atoms with van der Waals surface area (Å²) in [4.78, 5) is 8.48. The molecule has 0 aromatic carbocycles. The zero-order chi connectivity index (χ0) is 16.5. The van der Waals surface area contributed by atoms with Gasteiger partial charge in [-0.05, 0) is 18.4 Å². The maximum atomic E-state index is 12.2. The van der Waals surface area contributed by atoms with Gasteiger partial charge in [0, 0.05) is 18.5 Å². The van der Waals surface area contributed by atoms with Crippen molar-refractivity contribution in [2.75, 3.05) is 13.4 Å². The van der Waals surface area contributed by atoms with Crippen LogP contribution in [0.3, 0.4) is 0 Å². The highest BCUT2D eigenvalue weighted by molar-refractivity contribution is 7.91. The Morgan fingerprint density at radius 1 is 1.30 bits per heavy atom. The lowest BCUT2D eigenvalue weighted by atomic mass is 10.1.